The zero-order valence-corrected chi connectivity index (χ0v) is 6.67. The van der Waals surface area contributed by atoms with E-state index in [0.29, 0.717) is 5.92 Å². The maximum absolute atomic E-state index is 4.21. The molecule has 3 rings (SSSR count). The second-order valence-electron chi connectivity index (χ2n) is 3.28. The third kappa shape index (κ3) is 0.668. The lowest BCUT2D eigenvalue weighted by Crippen LogP contribution is -2.17. The van der Waals surface area contributed by atoms with Crippen molar-refractivity contribution < 1.29 is 0 Å². The van der Waals surface area contributed by atoms with Crippen molar-refractivity contribution in [2.75, 3.05) is 23.7 Å². The predicted molar refractivity (Wildman–Crippen MR) is 46.4 cm³/mol. The topological polar surface area (TPSA) is 49.8 Å². The fourth-order valence-electron chi connectivity index (χ4n) is 2.00. The summed E-state index contributed by atoms with van der Waals surface area (Å²) >= 11 is 0. The van der Waals surface area contributed by atoms with E-state index in [1.165, 1.54) is 12.0 Å². The molecule has 0 radical (unpaired) electrons. The van der Waals surface area contributed by atoms with Crippen molar-refractivity contribution >= 4 is 11.6 Å². The zero-order valence-electron chi connectivity index (χ0n) is 6.67. The Balaban J connectivity index is 2.23. The summed E-state index contributed by atoms with van der Waals surface area (Å²) in [5.74, 6) is 2.69. The van der Waals surface area contributed by atoms with Gasteiger partial charge in [-0.1, -0.05) is 0 Å². The quantitative estimate of drug-likeness (QED) is 0.592. The van der Waals surface area contributed by atoms with E-state index in [2.05, 4.69) is 20.6 Å². The average Bonchev–Trinajstić information content (AvgIpc) is 2.52. The summed E-state index contributed by atoms with van der Waals surface area (Å²) < 4.78 is 0. The predicted octanol–water partition coefficient (Wildman–Crippen LogP) is 0.801. The van der Waals surface area contributed by atoms with Crippen molar-refractivity contribution in [2.45, 2.75) is 12.3 Å². The number of hydrogen-bond donors (Lipinski definition) is 2. The van der Waals surface area contributed by atoms with Crippen molar-refractivity contribution in [1.29, 1.82) is 0 Å². The van der Waals surface area contributed by atoms with E-state index < -0.39 is 0 Å². The largest absolute Gasteiger partial charge is 0.370 e. The maximum Gasteiger partial charge on any atom is 0.135 e. The molecule has 4 heteroatoms. The number of nitrogens with zero attached hydrogens (tertiary/aromatic N) is 2. The molecule has 0 aliphatic carbocycles. The minimum absolute atomic E-state index is 0.637. The van der Waals surface area contributed by atoms with Crippen LogP contribution in [-0.4, -0.2) is 23.1 Å². The molecule has 2 aliphatic heterocycles. The summed E-state index contributed by atoms with van der Waals surface area (Å²) in [5, 5.41) is 6.57. The molecule has 2 N–H and O–H groups in total. The van der Waals surface area contributed by atoms with Crippen molar-refractivity contribution in [3.05, 3.63) is 11.9 Å². The Morgan fingerprint density at radius 3 is 3.00 bits per heavy atom. The number of hydrogen-bond acceptors (Lipinski definition) is 4. The Labute approximate surface area is 70.4 Å². The second-order valence-corrected chi connectivity index (χ2v) is 3.28. The van der Waals surface area contributed by atoms with E-state index in [4.69, 9.17) is 0 Å². The van der Waals surface area contributed by atoms with E-state index in [1.807, 2.05) is 0 Å². The van der Waals surface area contributed by atoms with E-state index in [-0.39, 0.29) is 0 Å². The summed E-state index contributed by atoms with van der Waals surface area (Å²) in [6.07, 6.45) is 2.81. The number of rotatable bonds is 0. The minimum atomic E-state index is 0.637. The molecule has 0 saturated heterocycles. The van der Waals surface area contributed by atoms with Crippen LogP contribution in [0, 0.1) is 0 Å². The Morgan fingerprint density at radius 2 is 2.08 bits per heavy atom. The van der Waals surface area contributed by atoms with Crippen LogP contribution in [0.25, 0.3) is 0 Å². The van der Waals surface area contributed by atoms with Gasteiger partial charge < -0.3 is 10.6 Å². The molecule has 1 unspecified atom stereocenters. The Morgan fingerprint density at radius 1 is 1.25 bits per heavy atom. The van der Waals surface area contributed by atoms with Crippen molar-refractivity contribution in [1.82, 2.24) is 9.97 Å². The van der Waals surface area contributed by atoms with Gasteiger partial charge in [0.25, 0.3) is 0 Å². The molecule has 0 saturated carbocycles. The average molecular weight is 162 g/mol. The van der Waals surface area contributed by atoms with E-state index in [0.717, 1.165) is 24.7 Å². The smallest absolute Gasteiger partial charge is 0.135 e. The van der Waals surface area contributed by atoms with Crippen LogP contribution in [0.15, 0.2) is 6.33 Å². The van der Waals surface area contributed by atoms with Crippen LogP contribution in [-0.2, 0) is 0 Å². The molecule has 62 valence electrons. The fraction of sp³-hybridized carbons (Fsp3) is 0.500. The molecule has 0 spiro atoms. The number of aromatic nitrogens is 2. The Kier molecular flexibility index (Phi) is 1.08. The molecule has 2 aliphatic rings. The molecule has 12 heavy (non-hydrogen) atoms. The summed E-state index contributed by atoms with van der Waals surface area (Å²) in [5.41, 5.74) is 1.30. The normalized spacial score (nSPS) is 24.2. The van der Waals surface area contributed by atoms with Crippen LogP contribution >= 0.6 is 0 Å². The van der Waals surface area contributed by atoms with Gasteiger partial charge in [-0.05, 0) is 6.42 Å². The molecule has 1 aromatic rings. The van der Waals surface area contributed by atoms with Gasteiger partial charge in [-0.2, -0.15) is 0 Å². The third-order valence-electron chi connectivity index (χ3n) is 2.59. The van der Waals surface area contributed by atoms with Crippen LogP contribution in [0.1, 0.15) is 17.9 Å². The molecule has 0 amide bonds. The summed E-state index contributed by atoms with van der Waals surface area (Å²) in [7, 11) is 0. The summed E-state index contributed by atoms with van der Waals surface area (Å²) in [6.45, 7) is 2.07. The molecule has 0 aromatic carbocycles. The first kappa shape index (κ1) is 6.22. The Hall–Kier alpha value is -1.32. The highest BCUT2D eigenvalue weighted by atomic mass is 15.1. The van der Waals surface area contributed by atoms with Gasteiger partial charge in [0.2, 0.25) is 0 Å². The summed E-state index contributed by atoms with van der Waals surface area (Å²) in [4.78, 5) is 8.40. The SMILES string of the molecule is c1nc2c3c(n1)NCC3CCN2. The van der Waals surface area contributed by atoms with Gasteiger partial charge in [-0.3, -0.25) is 0 Å². The van der Waals surface area contributed by atoms with Gasteiger partial charge in [-0.15, -0.1) is 0 Å². The van der Waals surface area contributed by atoms with Crippen LogP contribution < -0.4 is 10.6 Å². The Bertz CT molecular complexity index is 323. The van der Waals surface area contributed by atoms with Crippen LogP contribution in [0.3, 0.4) is 0 Å². The van der Waals surface area contributed by atoms with Gasteiger partial charge in [0, 0.05) is 24.6 Å². The van der Waals surface area contributed by atoms with Crippen molar-refractivity contribution in [2.24, 2.45) is 0 Å². The van der Waals surface area contributed by atoms with E-state index >= 15 is 0 Å². The molecular weight excluding hydrogens is 152 g/mol. The molecule has 0 fully saturated rings. The minimum Gasteiger partial charge on any atom is -0.370 e. The fourth-order valence-corrected chi connectivity index (χ4v) is 2.00. The van der Waals surface area contributed by atoms with Gasteiger partial charge in [0.05, 0.1) is 0 Å². The van der Waals surface area contributed by atoms with Gasteiger partial charge in [0.1, 0.15) is 18.0 Å². The highest BCUT2D eigenvalue weighted by Crippen LogP contribution is 2.38. The summed E-state index contributed by atoms with van der Waals surface area (Å²) in [6, 6.07) is 0. The zero-order chi connectivity index (χ0) is 7.97. The molecule has 4 nitrogen and oxygen atoms in total. The highest BCUT2D eigenvalue weighted by molar-refractivity contribution is 5.64. The van der Waals surface area contributed by atoms with Gasteiger partial charge in [0.15, 0.2) is 0 Å². The standard InChI is InChI=1S/C8H10N4/c1-2-9-7-6-5(1)3-10-8(6)12-4-11-7/h4-5H,1-3H2,(H2,9,10,11,12). The molecule has 1 aromatic heterocycles. The molecule has 3 heterocycles. The van der Waals surface area contributed by atoms with Crippen LogP contribution in [0.2, 0.25) is 0 Å². The van der Waals surface area contributed by atoms with Gasteiger partial charge >= 0.3 is 0 Å². The maximum atomic E-state index is 4.21. The third-order valence-corrected chi connectivity index (χ3v) is 2.59. The molecule has 0 bridgehead atoms. The molecule has 1 atom stereocenters. The van der Waals surface area contributed by atoms with E-state index in [9.17, 15) is 0 Å². The van der Waals surface area contributed by atoms with Crippen molar-refractivity contribution in [3.63, 3.8) is 0 Å². The second kappa shape index (κ2) is 2.09. The van der Waals surface area contributed by atoms with E-state index in [1.54, 1.807) is 6.33 Å². The van der Waals surface area contributed by atoms with Crippen molar-refractivity contribution in [3.8, 4) is 0 Å². The first-order valence-electron chi connectivity index (χ1n) is 4.28. The first-order chi connectivity index (χ1) is 5.95. The van der Waals surface area contributed by atoms with Crippen LogP contribution in [0.4, 0.5) is 11.6 Å². The lowest BCUT2D eigenvalue weighted by atomic mass is 9.97. The van der Waals surface area contributed by atoms with Crippen LogP contribution in [0.5, 0.6) is 0 Å². The molecular formula is C8H10N4. The van der Waals surface area contributed by atoms with Gasteiger partial charge in [-0.25, -0.2) is 9.97 Å². The lowest BCUT2D eigenvalue weighted by Gasteiger charge is -2.19. The highest BCUT2D eigenvalue weighted by Gasteiger charge is 2.29. The number of anilines is 2. The number of nitrogens with one attached hydrogen (secondary N) is 2. The lowest BCUT2D eigenvalue weighted by molar-refractivity contribution is 0.675. The first-order valence-corrected chi connectivity index (χ1v) is 4.28. The monoisotopic (exact) mass is 162 g/mol.